The second-order valence-corrected chi connectivity index (χ2v) is 6.31. The van der Waals surface area contributed by atoms with Gasteiger partial charge in [-0.3, -0.25) is 4.79 Å². The highest BCUT2D eigenvalue weighted by Gasteiger charge is 2.16. The molecule has 112 valence electrons. The second kappa shape index (κ2) is 6.41. The van der Waals surface area contributed by atoms with E-state index in [1.807, 2.05) is 20.8 Å². The van der Waals surface area contributed by atoms with E-state index in [-0.39, 0.29) is 16.6 Å². The number of aromatic nitrogens is 3. The number of anilines is 1. The number of allylic oxidation sites excluding steroid dienone is 1. The molecule has 2 rings (SSSR count). The number of halogens is 1. The smallest absolute Gasteiger partial charge is 0.287 e. The molecule has 0 radical (unpaired) electrons. The van der Waals surface area contributed by atoms with Gasteiger partial charge in [-0.2, -0.15) is 5.10 Å². The Morgan fingerprint density at radius 1 is 1.57 bits per heavy atom. The fourth-order valence-electron chi connectivity index (χ4n) is 2.07. The molecule has 21 heavy (non-hydrogen) atoms. The lowest BCUT2D eigenvalue weighted by Crippen LogP contribution is -2.24. The van der Waals surface area contributed by atoms with Gasteiger partial charge in [0.05, 0.1) is 35.2 Å². The molecule has 0 aliphatic heterocycles. The summed E-state index contributed by atoms with van der Waals surface area (Å²) in [6.45, 7) is 9.87. The molecular formula is C14H17ClN4OS. The third-order valence-electron chi connectivity index (χ3n) is 2.99. The third kappa shape index (κ3) is 3.33. The summed E-state index contributed by atoms with van der Waals surface area (Å²) in [7, 11) is 0. The predicted molar refractivity (Wildman–Crippen MR) is 87.3 cm³/mol. The van der Waals surface area contributed by atoms with Crippen LogP contribution in [0.5, 0.6) is 0 Å². The fraction of sp³-hybridized carbons (Fsp3) is 0.357. The molecule has 1 unspecified atom stereocenters. The molecule has 7 heteroatoms. The van der Waals surface area contributed by atoms with Crippen molar-refractivity contribution in [2.24, 2.45) is 0 Å². The van der Waals surface area contributed by atoms with Crippen molar-refractivity contribution in [2.75, 3.05) is 5.32 Å². The van der Waals surface area contributed by atoms with Crippen LogP contribution in [0.3, 0.4) is 0 Å². The first-order valence-electron chi connectivity index (χ1n) is 6.51. The number of thiazole rings is 1. The molecule has 0 aliphatic rings. The van der Waals surface area contributed by atoms with Crippen molar-refractivity contribution in [1.29, 1.82) is 0 Å². The largest absolute Gasteiger partial charge is 0.375 e. The van der Waals surface area contributed by atoms with Crippen LogP contribution < -0.4 is 10.9 Å². The Morgan fingerprint density at radius 3 is 2.86 bits per heavy atom. The highest BCUT2D eigenvalue weighted by molar-refractivity contribution is 7.11. The van der Waals surface area contributed by atoms with Gasteiger partial charge in [0.25, 0.3) is 5.56 Å². The van der Waals surface area contributed by atoms with Crippen molar-refractivity contribution < 1.29 is 0 Å². The fourth-order valence-corrected chi connectivity index (χ4v) is 3.20. The van der Waals surface area contributed by atoms with E-state index in [4.69, 9.17) is 11.6 Å². The number of nitrogens with one attached hydrogen (secondary N) is 1. The second-order valence-electron chi connectivity index (χ2n) is 4.70. The van der Waals surface area contributed by atoms with Crippen molar-refractivity contribution in [1.82, 2.24) is 14.8 Å². The van der Waals surface area contributed by atoms with Gasteiger partial charge >= 0.3 is 0 Å². The number of aryl methyl sites for hydroxylation is 2. The van der Waals surface area contributed by atoms with Gasteiger partial charge in [0.2, 0.25) is 0 Å². The Labute approximate surface area is 132 Å². The number of nitrogens with zero attached hydrogens (tertiary/aromatic N) is 3. The zero-order valence-electron chi connectivity index (χ0n) is 12.2. The van der Waals surface area contributed by atoms with Gasteiger partial charge in [0.15, 0.2) is 0 Å². The van der Waals surface area contributed by atoms with E-state index in [1.54, 1.807) is 23.6 Å². The van der Waals surface area contributed by atoms with Crippen molar-refractivity contribution >= 4 is 28.6 Å². The number of hydrogen-bond donors (Lipinski definition) is 1. The first-order chi connectivity index (χ1) is 9.93. The van der Waals surface area contributed by atoms with Gasteiger partial charge in [-0.25, -0.2) is 9.67 Å². The predicted octanol–water partition coefficient (Wildman–Crippen LogP) is 3.33. The summed E-state index contributed by atoms with van der Waals surface area (Å²) in [5, 5.41) is 8.46. The van der Waals surface area contributed by atoms with Gasteiger partial charge < -0.3 is 5.32 Å². The summed E-state index contributed by atoms with van der Waals surface area (Å²) in [5.41, 5.74) is 1.19. The quantitative estimate of drug-likeness (QED) is 0.857. The average molecular weight is 325 g/mol. The lowest BCUT2D eigenvalue weighted by Gasteiger charge is -2.15. The summed E-state index contributed by atoms with van der Waals surface area (Å²) in [4.78, 5) is 17.6. The molecule has 0 aromatic carbocycles. The highest BCUT2D eigenvalue weighted by atomic mass is 35.5. The van der Waals surface area contributed by atoms with Crippen LogP contribution in [0.15, 0.2) is 23.6 Å². The Balaban J connectivity index is 2.28. The maximum atomic E-state index is 12.0. The number of rotatable bonds is 5. The topological polar surface area (TPSA) is 59.8 Å². The van der Waals surface area contributed by atoms with Crippen LogP contribution in [0.4, 0.5) is 5.69 Å². The summed E-state index contributed by atoms with van der Waals surface area (Å²) >= 11 is 7.76. The minimum atomic E-state index is -0.328. The number of hydrogen-bond acceptors (Lipinski definition) is 5. The maximum Gasteiger partial charge on any atom is 0.287 e. The van der Waals surface area contributed by atoms with Gasteiger partial charge in [-0.05, 0) is 20.8 Å². The van der Waals surface area contributed by atoms with Crippen LogP contribution in [-0.4, -0.2) is 14.8 Å². The van der Waals surface area contributed by atoms with Crippen LogP contribution in [-0.2, 0) is 6.54 Å². The van der Waals surface area contributed by atoms with Crippen molar-refractivity contribution in [2.45, 2.75) is 33.4 Å². The molecule has 2 aromatic heterocycles. The van der Waals surface area contributed by atoms with E-state index in [0.29, 0.717) is 12.2 Å². The Bertz CT molecular complexity index is 722. The zero-order valence-corrected chi connectivity index (χ0v) is 13.8. The third-order valence-corrected chi connectivity index (χ3v) is 4.61. The molecule has 0 bridgehead atoms. The van der Waals surface area contributed by atoms with Crippen LogP contribution in [0.25, 0.3) is 0 Å². The summed E-state index contributed by atoms with van der Waals surface area (Å²) in [5.74, 6) is 0. The van der Waals surface area contributed by atoms with Gasteiger partial charge in [0, 0.05) is 4.88 Å². The van der Waals surface area contributed by atoms with Crippen molar-refractivity contribution in [3.05, 3.63) is 49.8 Å². The first kappa shape index (κ1) is 15.7. The minimum absolute atomic E-state index is 0.00477. The molecule has 5 nitrogen and oxygen atoms in total. The Kier molecular flexibility index (Phi) is 4.80. The monoisotopic (exact) mass is 324 g/mol. The summed E-state index contributed by atoms with van der Waals surface area (Å²) in [6.07, 6.45) is 3.16. The maximum absolute atomic E-state index is 12.0. The Morgan fingerprint density at radius 2 is 2.29 bits per heavy atom. The van der Waals surface area contributed by atoms with Crippen LogP contribution in [0.2, 0.25) is 5.02 Å². The van der Waals surface area contributed by atoms with E-state index in [9.17, 15) is 4.79 Å². The standard InChI is InChI=1S/C14H17ClN4OS/c1-5-6-19-14(20)12(15)11(7-16-19)18-9(3)13-8(2)17-10(4)21-13/h5,7,9,18H,1,6H2,2-4H3. The van der Waals surface area contributed by atoms with E-state index in [2.05, 4.69) is 22.0 Å². The molecule has 0 saturated heterocycles. The molecule has 0 amide bonds. The molecule has 0 aliphatic carbocycles. The molecule has 2 heterocycles. The van der Waals surface area contributed by atoms with E-state index >= 15 is 0 Å². The molecule has 1 N–H and O–H groups in total. The highest BCUT2D eigenvalue weighted by Crippen LogP contribution is 2.28. The zero-order chi connectivity index (χ0) is 15.6. The van der Waals surface area contributed by atoms with E-state index < -0.39 is 0 Å². The van der Waals surface area contributed by atoms with Gasteiger partial charge in [-0.1, -0.05) is 17.7 Å². The van der Waals surface area contributed by atoms with Gasteiger partial charge in [0.1, 0.15) is 5.02 Å². The molecule has 1 atom stereocenters. The normalized spacial score (nSPS) is 12.2. The lowest BCUT2D eigenvalue weighted by molar-refractivity contribution is 0.652. The van der Waals surface area contributed by atoms with Crippen LogP contribution in [0.1, 0.15) is 28.5 Å². The molecular weight excluding hydrogens is 308 g/mol. The van der Waals surface area contributed by atoms with Crippen LogP contribution in [0, 0.1) is 13.8 Å². The molecule has 0 saturated carbocycles. The summed E-state index contributed by atoms with van der Waals surface area (Å²) < 4.78 is 1.27. The minimum Gasteiger partial charge on any atom is -0.375 e. The molecule has 0 fully saturated rings. The molecule has 2 aromatic rings. The van der Waals surface area contributed by atoms with E-state index in [1.165, 1.54) is 4.68 Å². The van der Waals surface area contributed by atoms with Crippen molar-refractivity contribution in [3.63, 3.8) is 0 Å². The van der Waals surface area contributed by atoms with Crippen LogP contribution >= 0.6 is 22.9 Å². The summed E-state index contributed by atoms with van der Waals surface area (Å²) in [6, 6.07) is 0.00477. The van der Waals surface area contributed by atoms with Gasteiger partial charge in [-0.15, -0.1) is 17.9 Å². The van der Waals surface area contributed by atoms with Crippen molar-refractivity contribution in [3.8, 4) is 0 Å². The lowest BCUT2D eigenvalue weighted by atomic mass is 10.2. The average Bonchev–Trinajstić information content (AvgIpc) is 2.77. The molecule has 0 spiro atoms. The van der Waals surface area contributed by atoms with E-state index in [0.717, 1.165) is 15.6 Å². The Hall–Kier alpha value is -1.66. The SMILES string of the molecule is C=CCn1ncc(NC(C)c2sc(C)nc2C)c(Cl)c1=O. The first-order valence-corrected chi connectivity index (χ1v) is 7.70.